The summed E-state index contributed by atoms with van der Waals surface area (Å²) in [6, 6.07) is 5.92. The summed E-state index contributed by atoms with van der Waals surface area (Å²) in [5.74, 6) is 0.849. The van der Waals surface area contributed by atoms with E-state index in [0.717, 1.165) is 17.7 Å². The van der Waals surface area contributed by atoms with Gasteiger partial charge in [-0.1, -0.05) is 18.2 Å². The molecular weight excluding hydrogens is 204 g/mol. The molecule has 2 unspecified atom stereocenters. The Morgan fingerprint density at radius 3 is 3.06 bits per heavy atom. The van der Waals surface area contributed by atoms with Crippen LogP contribution in [0.3, 0.4) is 0 Å². The summed E-state index contributed by atoms with van der Waals surface area (Å²) in [4.78, 5) is 0. The molecule has 0 aliphatic carbocycles. The first-order chi connectivity index (χ1) is 7.74. The fraction of sp³-hybridized carbons (Fsp3) is 0.538. The minimum absolute atomic E-state index is 0.208. The molecule has 0 spiro atoms. The molecule has 1 aromatic rings. The molecule has 0 radical (unpaired) electrons. The first-order valence-corrected chi connectivity index (χ1v) is 5.78. The summed E-state index contributed by atoms with van der Waals surface area (Å²) in [6.07, 6.45) is 0.104. The molecule has 3 heteroatoms. The molecule has 0 fully saturated rings. The Morgan fingerprint density at radius 2 is 2.31 bits per heavy atom. The van der Waals surface area contributed by atoms with E-state index in [0.29, 0.717) is 13.2 Å². The lowest BCUT2D eigenvalue weighted by molar-refractivity contribution is -0.0236. The van der Waals surface area contributed by atoms with Crippen molar-refractivity contribution in [2.45, 2.75) is 32.5 Å². The van der Waals surface area contributed by atoms with Crippen molar-refractivity contribution in [1.29, 1.82) is 0 Å². The van der Waals surface area contributed by atoms with E-state index >= 15 is 0 Å². The number of para-hydroxylation sites is 1. The van der Waals surface area contributed by atoms with Gasteiger partial charge in [-0.15, -0.1) is 0 Å². The number of fused-ring (bicyclic) bond motifs is 1. The van der Waals surface area contributed by atoms with Crippen LogP contribution < -0.4 is 4.74 Å². The van der Waals surface area contributed by atoms with Crippen LogP contribution in [0.5, 0.6) is 5.75 Å². The number of aliphatic hydroxyl groups is 1. The number of rotatable bonds is 4. The standard InChI is InChI=1S/C13H18O3/c1-3-15-9(2)12(14)11-6-4-5-10-7-8-16-13(10)11/h4-6,9,12,14H,3,7-8H2,1-2H3. The van der Waals surface area contributed by atoms with Crippen molar-refractivity contribution in [2.24, 2.45) is 0 Å². The minimum atomic E-state index is -0.618. The molecule has 2 rings (SSSR count). The van der Waals surface area contributed by atoms with Crippen LogP contribution >= 0.6 is 0 Å². The van der Waals surface area contributed by atoms with Crippen molar-refractivity contribution in [3.63, 3.8) is 0 Å². The van der Waals surface area contributed by atoms with Crippen LogP contribution in [-0.2, 0) is 11.2 Å². The van der Waals surface area contributed by atoms with E-state index in [1.165, 1.54) is 5.56 Å². The van der Waals surface area contributed by atoms with Gasteiger partial charge in [0.05, 0.1) is 12.7 Å². The van der Waals surface area contributed by atoms with Crippen LogP contribution in [-0.4, -0.2) is 24.4 Å². The highest BCUT2D eigenvalue weighted by Crippen LogP contribution is 2.35. The van der Waals surface area contributed by atoms with E-state index in [1.807, 2.05) is 32.0 Å². The van der Waals surface area contributed by atoms with Crippen LogP contribution in [0.2, 0.25) is 0 Å². The molecule has 1 aromatic carbocycles. The Labute approximate surface area is 96.0 Å². The van der Waals surface area contributed by atoms with Gasteiger partial charge in [0.2, 0.25) is 0 Å². The Bertz CT molecular complexity index is 362. The van der Waals surface area contributed by atoms with Gasteiger partial charge in [0.1, 0.15) is 11.9 Å². The maximum atomic E-state index is 10.2. The predicted molar refractivity (Wildman–Crippen MR) is 61.7 cm³/mol. The van der Waals surface area contributed by atoms with Crippen molar-refractivity contribution in [2.75, 3.05) is 13.2 Å². The van der Waals surface area contributed by atoms with Gasteiger partial charge in [0.15, 0.2) is 0 Å². The van der Waals surface area contributed by atoms with E-state index in [-0.39, 0.29) is 6.10 Å². The van der Waals surface area contributed by atoms with E-state index in [2.05, 4.69) is 0 Å². The van der Waals surface area contributed by atoms with Crippen LogP contribution in [0, 0.1) is 0 Å². The zero-order chi connectivity index (χ0) is 11.5. The highest BCUT2D eigenvalue weighted by Gasteiger charge is 2.24. The van der Waals surface area contributed by atoms with Crippen LogP contribution in [0.25, 0.3) is 0 Å². The molecule has 2 atom stereocenters. The predicted octanol–water partition coefficient (Wildman–Crippen LogP) is 2.08. The third kappa shape index (κ3) is 2.06. The van der Waals surface area contributed by atoms with Gasteiger partial charge in [0.25, 0.3) is 0 Å². The Hall–Kier alpha value is -1.06. The van der Waals surface area contributed by atoms with Gasteiger partial charge in [-0.2, -0.15) is 0 Å². The monoisotopic (exact) mass is 222 g/mol. The summed E-state index contributed by atoms with van der Waals surface area (Å²) in [7, 11) is 0. The van der Waals surface area contributed by atoms with Crippen molar-refractivity contribution >= 4 is 0 Å². The molecule has 1 aliphatic rings. The smallest absolute Gasteiger partial charge is 0.128 e. The summed E-state index contributed by atoms with van der Waals surface area (Å²) < 4.78 is 11.0. The molecule has 0 amide bonds. The lowest BCUT2D eigenvalue weighted by atomic mass is 10.0. The van der Waals surface area contributed by atoms with Gasteiger partial charge in [-0.3, -0.25) is 0 Å². The van der Waals surface area contributed by atoms with E-state index < -0.39 is 6.10 Å². The fourth-order valence-electron chi connectivity index (χ4n) is 2.08. The number of benzene rings is 1. The van der Waals surface area contributed by atoms with Gasteiger partial charge in [-0.05, 0) is 19.4 Å². The molecular formula is C13H18O3. The normalized spacial score (nSPS) is 17.7. The molecule has 0 saturated carbocycles. The molecule has 0 bridgehead atoms. The third-order valence-corrected chi connectivity index (χ3v) is 2.94. The second kappa shape index (κ2) is 4.85. The largest absolute Gasteiger partial charge is 0.493 e. The number of hydrogen-bond donors (Lipinski definition) is 1. The van der Waals surface area contributed by atoms with Gasteiger partial charge in [0, 0.05) is 18.6 Å². The van der Waals surface area contributed by atoms with E-state index in [9.17, 15) is 5.11 Å². The first-order valence-electron chi connectivity index (χ1n) is 5.78. The summed E-state index contributed by atoms with van der Waals surface area (Å²) in [5, 5.41) is 10.2. The molecule has 88 valence electrons. The zero-order valence-electron chi connectivity index (χ0n) is 9.77. The average molecular weight is 222 g/mol. The third-order valence-electron chi connectivity index (χ3n) is 2.94. The fourth-order valence-corrected chi connectivity index (χ4v) is 2.08. The lowest BCUT2D eigenvalue weighted by Crippen LogP contribution is -2.19. The molecule has 0 aromatic heterocycles. The van der Waals surface area contributed by atoms with Crippen molar-refractivity contribution < 1.29 is 14.6 Å². The lowest BCUT2D eigenvalue weighted by Gasteiger charge is -2.20. The van der Waals surface area contributed by atoms with Gasteiger partial charge in [-0.25, -0.2) is 0 Å². The average Bonchev–Trinajstić information content (AvgIpc) is 2.76. The number of aliphatic hydroxyl groups excluding tert-OH is 1. The maximum Gasteiger partial charge on any atom is 0.128 e. The summed E-state index contributed by atoms with van der Waals surface area (Å²) >= 11 is 0. The minimum Gasteiger partial charge on any atom is -0.493 e. The van der Waals surface area contributed by atoms with Crippen LogP contribution in [0.1, 0.15) is 31.1 Å². The molecule has 16 heavy (non-hydrogen) atoms. The van der Waals surface area contributed by atoms with Crippen LogP contribution in [0.4, 0.5) is 0 Å². The molecule has 1 N–H and O–H groups in total. The first kappa shape index (κ1) is 11.4. The second-order valence-corrected chi connectivity index (χ2v) is 4.04. The van der Waals surface area contributed by atoms with Gasteiger partial charge < -0.3 is 14.6 Å². The van der Waals surface area contributed by atoms with Crippen molar-refractivity contribution in [3.05, 3.63) is 29.3 Å². The van der Waals surface area contributed by atoms with Gasteiger partial charge >= 0.3 is 0 Å². The second-order valence-electron chi connectivity index (χ2n) is 4.04. The molecule has 3 nitrogen and oxygen atoms in total. The highest BCUT2D eigenvalue weighted by molar-refractivity contribution is 5.45. The van der Waals surface area contributed by atoms with Crippen molar-refractivity contribution in [3.8, 4) is 5.75 Å². The molecule has 1 aliphatic heterocycles. The topological polar surface area (TPSA) is 38.7 Å². The Balaban J connectivity index is 2.23. The zero-order valence-corrected chi connectivity index (χ0v) is 9.77. The van der Waals surface area contributed by atoms with E-state index in [1.54, 1.807) is 0 Å². The maximum absolute atomic E-state index is 10.2. The molecule has 0 saturated heterocycles. The number of hydrogen-bond acceptors (Lipinski definition) is 3. The highest BCUT2D eigenvalue weighted by atomic mass is 16.5. The molecule has 1 heterocycles. The van der Waals surface area contributed by atoms with E-state index in [4.69, 9.17) is 9.47 Å². The number of ether oxygens (including phenoxy) is 2. The van der Waals surface area contributed by atoms with Crippen LogP contribution in [0.15, 0.2) is 18.2 Å². The quantitative estimate of drug-likeness (QED) is 0.847. The SMILES string of the molecule is CCOC(C)C(O)c1cccc2c1OCC2. The Morgan fingerprint density at radius 1 is 1.50 bits per heavy atom. The Kier molecular flexibility index (Phi) is 3.46. The van der Waals surface area contributed by atoms with Crippen molar-refractivity contribution in [1.82, 2.24) is 0 Å². The summed E-state index contributed by atoms with van der Waals surface area (Å²) in [6.45, 7) is 5.12. The summed E-state index contributed by atoms with van der Waals surface area (Å²) in [5.41, 5.74) is 2.02.